The quantitative estimate of drug-likeness (QED) is 0.852. The lowest BCUT2D eigenvalue weighted by Gasteiger charge is -2.05. The minimum atomic E-state index is 0.266. The summed E-state index contributed by atoms with van der Waals surface area (Å²) in [6, 6.07) is 8.95. The Labute approximate surface area is 108 Å². The second-order valence-corrected chi connectivity index (χ2v) is 4.06. The molecule has 5 nitrogen and oxygen atoms in total. The third kappa shape index (κ3) is 2.31. The molecule has 0 radical (unpaired) electrons. The van der Waals surface area contributed by atoms with Crippen molar-refractivity contribution in [3.63, 3.8) is 0 Å². The van der Waals surface area contributed by atoms with Crippen LogP contribution in [0.1, 0.15) is 5.56 Å². The summed E-state index contributed by atoms with van der Waals surface area (Å²) in [5.74, 6) is 1.92. The normalized spacial score (nSPS) is 12.5. The maximum Gasteiger partial charge on any atom is 0.233 e. The van der Waals surface area contributed by atoms with Gasteiger partial charge in [0.25, 0.3) is 0 Å². The van der Waals surface area contributed by atoms with Gasteiger partial charge in [0.1, 0.15) is 6.61 Å². The van der Waals surface area contributed by atoms with Gasteiger partial charge in [-0.1, -0.05) is 17.7 Å². The van der Waals surface area contributed by atoms with Gasteiger partial charge in [-0.3, -0.25) is 0 Å². The van der Waals surface area contributed by atoms with Gasteiger partial charge in [-0.25, -0.2) is 0 Å². The summed E-state index contributed by atoms with van der Waals surface area (Å²) in [5, 5.41) is 7.84. The number of halogens is 1. The van der Waals surface area contributed by atoms with E-state index in [0.29, 0.717) is 17.6 Å². The van der Waals surface area contributed by atoms with Crippen LogP contribution in [-0.4, -0.2) is 17.0 Å². The number of benzene rings is 1. The van der Waals surface area contributed by atoms with E-state index in [1.165, 1.54) is 0 Å². The first-order valence-corrected chi connectivity index (χ1v) is 5.69. The number of fused-ring (bicyclic) bond motifs is 1. The van der Waals surface area contributed by atoms with Crippen LogP contribution in [0.25, 0.3) is 0 Å². The van der Waals surface area contributed by atoms with Gasteiger partial charge in [-0.15, -0.1) is 10.2 Å². The van der Waals surface area contributed by atoms with Gasteiger partial charge < -0.3 is 14.2 Å². The smallest absolute Gasteiger partial charge is 0.233 e. The first kappa shape index (κ1) is 11.1. The van der Waals surface area contributed by atoms with Crippen molar-refractivity contribution >= 4 is 11.6 Å². The molecule has 0 atom stereocenters. The van der Waals surface area contributed by atoms with Crippen LogP contribution < -0.4 is 14.2 Å². The number of nitrogens with zero attached hydrogens (tertiary/aromatic N) is 2. The lowest BCUT2D eigenvalue weighted by atomic mass is 10.2. The average Bonchev–Trinajstić information content (AvgIpc) is 2.85. The predicted octanol–water partition coefficient (Wildman–Crippen LogP) is 2.44. The Morgan fingerprint density at radius 3 is 2.83 bits per heavy atom. The minimum absolute atomic E-state index is 0.266. The fourth-order valence-electron chi connectivity index (χ4n) is 1.57. The molecule has 2 aromatic rings. The van der Waals surface area contributed by atoms with Gasteiger partial charge in [0.05, 0.1) is 0 Å². The highest BCUT2D eigenvalue weighted by atomic mass is 35.5. The maximum absolute atomic E-state index is 5.63. The molecule has 1 aromatic heterocycles. The molecule has 0 aliphatic carbocycles. The van der Waals surface area contributed by atoms with E-state index in [1.807, 2.05) is 18.2 Å². The molecule has 2 heterocycles. The van der Waals surface area contributed by atoms with Gasteiger partial charge >= 0.3 is 0 Å². The van der Waals surface area contributed by atoms with Gasteiger partial charge in [0.2, 0.25) is 12.7 Å². The highest BCUT2D eigenvalue weighted by Gasteiger charge is 2.13. The van der Waals surface area contributed by atoms with Crippen LogP contribution in [0.15, 0.2) is 30.3 Å². The maximum atomic E-state index is 5.63. The molecule has 3 rings (SSSR count). The lowest BCUT2D eigenvalue weighted by molar-refractivity contribution is 0.174. The highest BCUT2D eigenvalue weighted by Crippen LogP contribution is 2.32. The largest absolute Gasteiger partial charge is 0.472 e. The summed E-state index contributed by atoms with van der Waals surface area (Å²) in [5.41, 5.74) is 0.969. The van der Waals surface area contributed by atoms with Gasteiger partial charge in [-0.2, -0.15) is 0 Å². The van der Waals surface area contributed by atoms with Crippen LogP contribution >= 0.6 is 11.6 Å². The van der Waals surface area contributed by atoms with Crippen LogP contribution in [0.2, 0.25) is 5.15 Å². The molecule has 0 unspecified atom stereocenters. The van der Waals surface area contributed by atoms with Gasteiger partial charge in [0, 0.05) is 6.07 Å². The summed E-state index contributed by atoms with van der Waals surface area (Å²) in [6.45, 7) is 0.648. The van der Waals surface area contributed by atoms with Crippen LogP contribution in [0, 0.1) is 0 Å². The summed E-state index contributed by atoms with van der Waals surface area (Å²) in [7, 11) is 0. The summed E-state index contributed by atoms with van der Waals surface area (Å²) < 4.78 is 16.0. The van der Waals surface area contributed by atoms with E-state index in [9.17, 15) is 0 Å². The molecule has 1 aliphatic rings. The Balaban J connectivity index is 1.68. The van der Waals surface area contributed by atoms with Crippen molar-refractivity contribution in [2.24, 2.45) is 0 Å². The zero-order valence-electron chi connectivity index (χ0n) is 9.30. The molecule has 6 heteroatoms. The van der Waals surface area contributed by atoms with Crippen LogP contribution in [0.4, 0.5) is 0 Å². The molecule has 1 aromatic carbocycles. The Morgan fingerprint density at radius 1 is 1.11 bits per heavy atom. The Hall–Kier alpha value is -2.01. The monoisotopic (exact) mass is 264 g/mol. The molecule has 0 fully saturated rings. The molecule has 0 bridgehead atoms. The average molecular weight is 265 g/mol. The summed E-state index contributed by atoms with van der Waals surface area (Å²) in [6.07, 6.45) is 0. The Morgan fingerprint density at radius 2 is 2.00 bits per heavy atom. The van der Waals surface area contributed by atoms with Crippen molar-refractivity contribution in [3.05, 3.63) is 41.0 Å². The fourth-order valence-corrected chi connectivity index (χ4v) is 1.67. The van der Waals surface area contributed by atoms with E-state index in [2.05, 4.69) is 10.2 Å². The molecule has 1 aliphatic heterocycles. The van der Waals surface area contributed by atoms with Crippen molar-refractivity contribution < 1.29 is 14.2 Å². The van der Waals surface area contributed by atoms with Gasteiger partial charge in [-0.05, 0) is 23.8 Å². The van der Waals surface area contributed by atoms with Crippen LogP contribution in [0.3, 0.4) is 0 Å². The number of aromatic nitrogens is 2. The van der Waals surface area contributed by atoms with Crippen LogP contribution in [0.5, 0.6) is 17.4 Å². The first-order chi connectivity index (χ1) is 8.81. The second kappa shape index (κ2) is 4.70. The molecular formula is C12H9ClN2O3. The topological polar surface area (TPSA) is 53.5 Å². The highest BCUT2D eigenvalue weighted by molar-refractivity contribution is 6.29. The SMILES string of the molecule is Clc1ccc(OCc2ccc3c(c2)OCO3)nn1. The van der Waals surface area contributed by atoms with E-state index >= 15 is 0 Å². The van der Waals surface area contributed by atoms with Gasteiger partial charge in [0.15, 0.2) is 16.7 Å². The lowest BCUT2D eigenvalue weighted by Crippen LogP contribution is -1.98. The number of hydrogen-bond acceptors (Lipinski definition) is 5. The fraction of sp³-hybridized carbons (Fsp3) is 0.167. The third-order valence-corrected chi connectivity index (χ3v) is 2.63. The summed E-state index contributed by atoms with van der Waals surface area (Å²) in [4.78, 5) is 0. The molecule has 0 saturated carbocycles. The van der Waals surface area contributed by atoms with E-state index in [0.717, 1.165) is 17.1 Å². The minimum Gasteiger partial charge on any atom is -0.472 e. The van der Waals surface area contributed by atoms with Crippen molar-refractivity contribution in [1.82, 2.24) is 10.2 Å². The van der Waals surface area contributed by atoms with E-state index in [1.54, 1.807) is 12.1 Å². The zero-order chi connectivity index (χ0) is 12.4. The molecule has 0 N–H and O–H groups in total. The Bertz CT molecular complexity index is 560. The van der Waals surface area contributed by atoms with E-state index < -0.39 is 0 Å². The molecule has 0 spiro atoms. The molecular weight excluding hydrogens is 256 g/mol. The third-order valence-electron chi connectivity index (χ3n) is 2.43. The first-order valence-electron chi connectivity index (χ1n) is 5.32. The second-order valence-electron chi connectivity index (χ2n) is 3.67. The molecule has 92 valence electrons. The summed E-state index contributed by atoms with van der Waals surface area (Å²) >= 11 is 5.63. The zero-order valence-corrected chi connectivity index (χ0v) is 10.1. The molecule has 0 saturated heterocycles. The van der Waals surface area contributed by atoms with Crippen molar-refractivity contribution in [1.29, 1.82) is 0 Å². The molecule has 0 amide bonds. The van der Waals surface area contributed by atoms with E-state index in [-0.39, 0.29) is 6.79 Å². The van der Waals surface area contributed by atoms with Crippen molar-refractivity contribution in [3.8, 4) is 17.4 Å². The number of ether oxygens (including phenoxy) is 3. The van der Waals surface area contributed by atoms with Crippen molar-refractivity contribution in [2.75, 3.05) is 6.79 Å². The molecule has 18 heavy (non-hydrogen) atoms. The predicted molar refractivity (Wildman–Crippen MR) is 63.9 cm³/mol. The van der Waals surface area contributed by atoms with Crippen molar-refractivity contribution in [2.45, 2.75) is 6.61 Å². The van der Waals surface area contributed by atoms with Crippen LogP contribution in [-0.2, 0) is 6.61 Å². The number of rotatable bonds is 3. The standard InChI is InChI=1S/C12H9ClN2O3/c13-11-3-4-12(15-14-11)16-6-8-1-2-9-10(5-8)18-7-17-9/h1-5H,6-7H2. The number of hydrogen-bond donors (Lipinski definition) is 0. The Kier molecular flexibility index (Phi) is 2.90. The van der Waals surface area contributed by atoms with E-state index in [4.69, 9.17) is 25.8 Å².